The molecule has 4 rings (SSSR count). The van der Waals surface area contributed by atoms with Gasteiger partial charge in [0.2, 0.25) is 11.8 Å². The van der Waals surface area contributed by atoms with Crippen molar-refractivity contribution in [3.63, 3.8) is 0 Å². The van der Waals surface area contributed by atoms with Crippen LogP contribution in [0.4, 0.5) is 0 Å². The maximum Gasteiger partial charge on any atom is 0.287 e. The number of hydrogen-bond donors (Lipinski definition) is 2. The molecule has 3 aromatic rings. The molecule has 0 radical (unpaired) electrons. The fraction of sp³-hybridized carbons (Fsp3) is 0.370. The average molecular weight is 478 g/mol. The summed E-state index contributed by atoms with van der Waals surface area (Å²) in [7, 11) is 0. The van der Waals surface area contributed by atoms with Gasteiger partial charge in [-0.25, -0.2) is 0 Å². The van der Waals surface area contributed by atoms with Crippen LogP contribution < -0.4 is 10.6 Å². The molecule has 2 heterocycles. The Morgan fingerprint density at radius 3 is 2.34 bits per heavy atom. The Hall–Kier alpha value is -3.81. The van der Waals surface area contributed by atoms with Crippen molar-refractivity contribution in [1.82, 2.24) is 15.5 Å². The highest BCUT2D eigenvalue weighted by Crippen LogP contribution is 2.26. The molecule has 3 amide bonds. The lowest BCUT2D eigenvalue weighted by Crippen LogP contribution is -2.49. The van der Waals surface area contributed by atoms with Crippen LogP contribution in [-0.4, -0.2) is 35.2 Å². The molecule has 0 bridgehead atoms. The van der Waals surface area contributed by atoms with Crippen LogP contribution in [0.2, 0.25) is 0 Å². The monoisotopic (exact) mass is 477 g/mol. The summed E-state index contributed by atoms with van der Waals surface area (Å²) in [6.45, 7) is 1.76. The van der Waals surface area contributed by atoms with E-state index in [1.54, 1.807) is 18.2 Å². The summed E-state index contributed by atoms with van der Waals surface area (Å²) in [5.74, 6) is -0.498. The maximum atomic E-state index is 13.7. The van der Waals surface area contributed by atoms with Gasteiger partial charge >= 0.3 is 0 Å². The average Bonchev–Trinajstić information content (AvgIpc) is 3.58. The van der Waals surface area contributed by atoms with Crippen molar-refractivity contribution in [2.45, 2.75) is 57.7 Å². The number of carbonyl (C=O) groups is 3. The number of amides is 3. The minimum Gasteiger partial charge on any atom is -0.467 e. The molecule has 1 unspecified atom stereocenters. The van der Waals surface area contributed by atoms with Gasteiger partial charge in [0.05, 0.1) is 25.6 Å². The zero-order valence-electron chi connectivity index (χ0n) is 19.9. The first-order chi connectivity index (χ1) is 17.0. The lowest BCUT2D eigenvalue weighted by molar-refractivity contribution is -0.141. The molecule has 8 heteroatoms. The summed E-state index contributed by atoms with van der Waals surface area (Å²) >= 11 is 0. The Morgan fingerprint density at radius 2 is 1.69 bits per heavy atom. The number of nitrogens with one attached hydrogen (secondary N) is 2. The van der Waals surface area contributed by atoms with Gasteiger partial charge in [-0.1, -0.05) is 49.1 Å². The van der Waals surface area contributed by atoms with Gasteiger partial charge in [-0.05, 0) is 49.6 Å². The Balaban J connectivity index is 1.60. The Morgan fingerprint density at radius 1 is 0.971 bits per heavy atom. The molecule has 0 aliphatic heterocycles. The smallest absolute Gasteiger partial charge is 0.287 e. The number of rotatable bonds is 9. The summed E-state index contributed by atoms with van der Waals surface area (Å²) in [4.78, 5) is 41.0. The minimum atomic E-state index is -0.879. The molecule has 1 aliphatic rings. The molecule has 1 saturated carbocycles. The van der Waals surface area contributed by atoms with Crippen LogP contribution in [0.5, 0.6) is 0 Å². The van der Waals surface area contributed by atoms with E-state index in [0.717, 1.165) is 31.2 Å². The zero-order chi connectivity index (χ0) is 24.6. The number of carbonyl (C=O) groups excluding carboxylic acids is 3. The second-order valence-electron chi connectivity index (χ2n) is 8.92. The van der Waals surface area contributed by atoms with Crippen molar-refractivity contribution in [2.75, 3.05) is 6.54 Å². The molecule has 1 aromatic carbocycles. The first kappa shape index (κ1) is 24.3. The van der Waals surface area contributed by atoms with E-state index in [2.05, 4.69) is 10.6 Å². The van der Waals surface area contributed by atoms with Crippen LogP contribution >= 0.6 is 0 Å². The molecule has 184 valence electrons. The van der Waals surface area contributed by atoms with Crippen LogP contribution in [0, 0.1) is 6.92 Å². The van der Waals surface area contributed by atoms with Crippen LogP contribution in [0.3, 0.4) is 0 Å². The normalized spacial score (nSPS) is 14.8. The molecule has 1 fully saturated rings. The lowest BCUT2D eigenvalue weighted by atomic mass is 9.94. The number of benzene rings is 1. The van der Waals surface area contributed by atoms with Crippen molar-refractivity contribution in [3.05, 3.63) is 83.7 Å². The number of aryl methyl sites for hydroxylation is 1. The van der Waals surface area contributed by atoms with Crippen molar-refractivity contribution in [2.24, 2.45) is 0 Å². The molecular weight excluding hydrogens is 446 g/mol. The molecule has 0 spiro atoms. The largest absolute Gasteiger partial charge is 0.467 e. The predicted molar refractivity (Wildman–Crippen MR) is 129 cm³/mol. The van der Waals surface area contributed by atoms with Gasteiger partial charge in [0, 0.05) is 6.04 Å². The standard InChI is InChI=1S/C27H31N3O5/c1-19-11-13-20(14-12-19)25(27(33)29-21-7-3-2-4-8-21)30(18-22-9-5-15-34-22)24(31)17-28-26(32)23-10-6-16-35-23/h5-6,9-16,21,25H,2-4,7-8,17-18H2,1H3,(H,28,32)(H,29,33). The summed E-state index contributed by atoms with van der Waals surface area (Å²) in [6.07, 6.45) is 8.10. The third-order valence-corrected chi connectivity index (χ3v) is 6.28. The van der Waals surface area contributed by atoms with E-state index in [9.17, 15) is 14.4 Å². The van der Waals surface area contributed by atoms with Crippen molar-refractivity contribution >= 4 is 17.7 Å². The van der Waals surface area contributed by atoms with Crippen LogP contribution in [0.15, 0.2) is 69.9 Å². The van der Waals surface area contributed by atoms with E-state index in [0.29, 0.717) is 11.3 Å². The van der Waals surface area contributed by atoms with Gasteiger partial charge in [-0.2, -0.15) is 0 Å². The highest BCUT2D eigenvalue weighted by Gasteiger charge is 2.33. The van der Waals surface area contributed by atoms with Crippen molar-refractivity contribution in [3.8, 4) is 0 Å². The number of nitrogens with zero attached hydrogens (tertiary/aromatic N) is 1. The van der Waals surface area contributed by atoms with E-state index in [-0.39, 0.29) is 30.8 Å². The SMILES string of the molecule is Cc1ccc(C(C(=O)NC2CCCCC2)N(Cc2ccco2)C(=O)CNC(=O)c2ccco2)cc1. The van der Waals surface area contributed by atoms with Gasteiger partial charge in [0.15, 0.2) is 5.76 Å². The van der Waals surface area contributed by atoms with Crippen LogP contribution in [-0.2, 0) is 16.1 Å². The molecule has 2 aromatic heterocycles. The van der Waals surface area contributed by atoms with Gasteiger partial charge in [-0.3, -0.25) is 14.4 Å². The summed E-state index contributed by atoms with van der Waals surface area (Å²) in [5.41, 5.74) is 1.75. The van der Waals surface area contributed by atoms with E-state index >= 15 is 0 Å². The van der Waals surface area contributed by atoms with E-state index < -0.39 is 17.9 Å². The molecule has 0 saturated heterocycles. The highest BCUT2D eigenvalue weighted by molar-refractivity contribution is 5.95. The Labute approximate surface area is 204 Å². The highest BCUT2D eigenvalue weighted by atomic mass is 16.3. The second kappa shape index (κ2) is 11.6. The molecule has 2 N–H and O–H groups in total. The number of hydrogen-bond acceptors (Lipinski definition) is 5. The fourth-order valence-corrected chi connectivity index (χ4v) is 4.39. The van der Waals surface area contributed by atoms with E-state index in [1.165, 1.54) is 29.9 Å². The second-order valence-corrected chi connectivity index (χ2v) is 8.92. The zero-order valence-corrected chi connectivity index (χ0v) is 19.9. The molecule has 1 aliphatic carbocycles. The first-order valence-corrected chi connectivity index (χ1v) is 12.0. The Kier molecular flexibility index (Phi) is 8.03. The first-order valence-electron chi connectivity index (χ1n) is 12.0. The third kappa shape index (κ3) is 6.41. The van der Waals surface area contributed by atoms with Gasteiger partial charge in [-0.15, -0.1) is 0 Å². The summed E-state index contributed by atoms with van der Waals surface area (Å²) in [6, 6.07) is 13.4. The summed E-state index contributed by atoms with van der Waals surface area (Å²) in [5, 5.41) is 5.76. The van der Waals surface area contributed by atoms with Crippen LogP contribution in [0.25, 0.3) is 0 Å². The lowest BCUT2D eigenvalue weighted by Gasteiger charge is -2.33. The topological polar surface area (TPSA) is 105 Å². The minimum absolute atomic E-state index is 0.0824. The van der Waals surface area contributed by atoms with Gasteiger partial charge < -0.3 is 24.4 Å². The fourth-order valence-electron chi connectivity index (χ4n) is 4.39. The van der Waals surface area contributed by atoms with E-state index in [1.807, 2.05) is 31.2 Å². The van der Waals surface area contributed by atoms with Gasteiger partial charge in [0.1, 0.15) is 11.8 Å². The van der Waals surface area contributed by atoms with Crippen molar-refractivity contribution in [1.29, 1.82) is 0 Å². The quantitative estimate of drug-likeness (QED) is 0.482. The van der Waals surface area contributed by atoms with E-state index in [4.69, 9.17) is 8.83 Å². The molecular formula is C27H31N3O5. The third-order valence-electron chi connectivity index (χ3n) is 6.28. The molecule has 8 nitrogen and oxygen atoms in total. The maximum absolute atomic E-state index is 13.7. The molecule has 1 atom stereocenters. The number of furan rings is 2. The van der Waals surface area contributed by atoms with Crippen molar-refractivity contribution < 1.29 is 23.2 Å². The predicted octanol–water partition coefficient (Wildman–Crippen LogP) is 4.13. The van der Waals surface area contributed by atoms with Gasteiger partial charge in [0.25, 0.3) is 5.91 Å². The van der Waals surface area contributed by atoms with Crippen LogP contribution in [0.1, 0.15) is 65.6 Å². The Bertz CT molecular complexity index is 1100. The summed E-state index contributed by atoms with van der Waals surface area (Å²) < 4.78 is 10.6. The molecule has 35 heavy (non-hydrogen) atoms.